The van der Waals surface area contributed by atoms with Crippen LogP contribution in [0.1, 0.15) is 10.4 Å². The summed E-state index contributed by atoms with van der Waals surface area (Å²) in [6.45, 7) is -0.318. The number of ether oxygens (including phenoxy) is 1. The lowest BCUT2D eigenvalue weighted by Crippen LogP contribution is -2.49. The van der Waals surface area contributed by atoms with Crippen molar-refractivity contribution in [1.82, 2.24) is 16.2 Å². The van der Waals surface area contributed by atoms with Crippen LogP contribution >= 0.6 is 23.8 Å². The van der Waals surface area contributed by atoms with E-state index in [-0.39, 0.29) is 23.0 Å². The van der Waals surface area contributed by atoms with E-state index in [0.717, 1.165) is 0 Å². The number of nitrogens with zero attached hydrogens (tertiary/aromatic N) is 1. The standard InChI is InChI=1S/C16H13ClN4O5S/c17-10-5-7-11(8-6-10)26-9-14(22)18-16(27)20-19-15(23)12-3-1-2-4-13(12)21(24)25/h1-8H,9H2,(H,19,23)(H2,18,20,22,27). The van der Waals surface area contributed by atoms with Crippen molar-refractivity contribution in [3.63, 3.8) is 0 Å². The Bertz CT molecular complexity index is 875. The van der Waals surface area contributed by atoms with E-state index in [1.165, 1.54) is 24.3 Å². The molecule has 2 aromatic carbocycles. The van der Waals surface area contributed by atoms with Gasteiger partial charge in [-0.1, -0.05) is 23.7 Å². The number of hydrogen-bond donors (Lipinski definition) is 3. The van der Waals surface area contributed by atoms with Crippen LogP contribution in [0, 0.1) is 10.1 Å². The van der Waals surface area contributed by atoms with E-state index in [1.807, 2.05) is 0 Å². The second kappa shape index (κ2) is 9.46. The smallest absolute Gasteiger partial charge is 0.282 e. The van der Waals surface area contributed by atoms with Crippen LogP contribution in [-0.4, -0.2) is 28.5 Å². The van der Waals surface area contributed by atoms with Crippen LogP contribution in [0.3, 0.4) is 0 Å². The number of hydrogen-bond acceptors (Lipinski definition) is 6. The van der Waals surface area contributed by atoms with Gasteiger partial charge < -0.3 is 4.74 Å². The molecule has 2 aromatic rings. The second-order valence-electron chi connectivity index (χ2n) is 4.97. The fraction of sp³-hybridized carbons (Fsp3) is 0.0625. The molecular formula is C16H13ClN4O5S. The molecule has 0 fully saturated rings. The minimum atomic E-state index is -0.781. The molecule has 0 aromatic heterocycles. The number of thiocarbonyl (C=S) groups is 1. The summed E-state index contributed by atoms with van der Waals surface area (Å²) >= 11 is 10.6. The zero-order valence-corrected chi connectivity index (χ0v) is 15.2. The summed E-state index contributed by atoms with van der Waals surface area (Å²) in [5.41, 5.74) is 3.95. The van der Waals surface area contributed by atoms with Gasteiger partial charge in [-0.25, -0.2) is 0 Å². The lowest BCUT2D eigenvalue weighted by Gasteiger charge is -2.11. The van der Waals surface area contributed by atoms with Gasteiger partial charge in [0.05, 0.1) is 4.92 Å². The number of para-hydroxylation sites is 1. The van der Waals surface area contributed by atoms with Crippen LogP contribution in [0.5, 0.6) is 5.75 Å². The van der Waals surface area contributed by atoms with E-state index in [1.54, 1.807) is 24.3 Å². The predicted octanol–water partition coefficient (Wildman–Crippen LogP) is 1.96. The van der Waals surface area contributed by atoms with Crippen molar-refractivity contribution in [2.24, 2.45) is 0 Å². The van der Waals surface area contributed by atoms with Crippen LogP contribution in [0.2, 0.25) is 5.02 Å². The highest BCUT2D eigenvalue weighted by Gasteiger charge is 2.19. The summed E-state index contributed by atoms with van der Waals surface area (Å²) in [4.78, 5) is 34.0. The maximum atomic E-state index is 12.0. The lowest BCUT2D eigenvalue weighted by molar-refractivity contribution is -0.385. The van der Waals surface area contributed by atoms with E-state index in [2.05, 4.69) is 16.2 Å². The molecule has 11 heteroatoms. The zero-order valence-electron chi connectivity index (χ0n) is 13.6. The first-order valence-electron chi connectivity index (χ1n) is 7.39. The molecule has 0 saturated carbocycles. The van der Waals surface area contributed by atoms with Gasteiger partial charge in [0.1, 0.15) is 11.3 Å². The Kier molecular flexibility index (Phi) is 7.03. The minimum absolute atomic E-state index is 0.157. The molecule has 0 unspecified atom stereocenters. The van der Waals surface area contributed by atoms with Crippen molar-refractivity contribution >= 4 is 46.4 Å². The van der Waals surface area contributed by atoms with E-state index in [0.29, 0.717) is 10.8 Å². The van der Waals surface area contributed by atoms with Crippen LogP contribution in [0.4, 0.5) is 5.69 Å². The summed E-state index contributed by atoms with van der Waals surface area (Å²) in [5.74, 6) is -0.906. The van der Waals surface area contributed by atoms with Gasteiger partial charge in [-0.3, -0.25) is 35.9 Å². The molecule has 0 bridgehead atoms. The fourth-order valence-corrected chi connectivity index (χ4v) is 2.17. The van der Waals surface area contributed by atoms with Crippen LogP contribution in [0.25, 0.3) is 0 Å². The van der Waals surface area contributed by atoms with E-state index < -0.39 is 16.7 Å². The van der Waals surface area contributed by atoms with Crippen molar-refractivity contribution in [3.8, 4) is 5.75 Å². The Morgan fingerprint density at radius 3 is 2.44 bits per heavy atom. The largest absolute Gasteiger partial charge is 0.484 e. The Labute approximate surface area is 163 Å². The summed E-state index contributed by atoms with van der Waals surface area (Å²) in [6, 6.07) is 11.8. The number of rotatable bonds is 5. The number of amides is 2. The second-order valence-corrected chi connectivity index (χ2v) is 5.82. The molecule has 0 radical (unpaired) electrons. The molecule has 2 rings (SSSR count). The monoisotopic (exact) mass is 408 g/mol. The molecule has 9 nitrogen and oxygen atoms in total. The Balaban J connectivity index is 1.80. The highest BCUT2D eigenvalue weighted by molar-refractivity contribution is 7.80. The van der Waals surface area contributed by atoms with Crippen LogP contribution in [-0.2, 0) is 4.79 Å². The number of nitrogens with one attached hydrogen (secondary N) is 3. The van der Waals surface area contributed by atoms with Crippen LogP contribution in [0.15, 0.2) is 48.5 Å². The van der Waals surface area contributed by atoms with Crippen LogP contribution < -0.4 is 20.9 Å². The molecule has 3 N–H and O–H groups in total. The molecule has 140 valence electrons. The quantitative estimate of drug-likeness (QED) is 0.392. The Morgan fingerprint density at radius 2 is 1.78 bits per heavy atom. The number of halogens is 1. The Morgan fingerprint density at radius 1 is 1.11 bits per heavy atom. The van der Waals surface area contributed by atoms with Gasteiger partial charge >= 0.3 is 0 Å². The average molecular weight is 409 g/mol. The number of nitro groups is 1. The first-order chi connectivity index (χ1) is 12.9. The molecule has 0 atom stereocenters. The molecule has 0 aliphatic heterocycles. The molecule has 0 spiro atoms. The van der Waals surface area contributed by atoms with Gasteiger partial charge in [-0.05, 0) is 42.5 Å². The predicted molar refractivity (Wildman–Crippen MR) is 101 cm³/mol. The molecule has 0 aliphatic carbocycles. The molecule has 0 heterocycles. The maximum absolute atomic E-state index is 12.0. The molecular weight excluding hydrogens is 396 g/mol. The number of benzene rings is 2. The topological polar surface area (TPSA) is 123 Å². The SMILES string of the molecule is O=C(COc1ccc(Cl)cc1)NC(=S)NNC(=O)c1ccccc1[N+](=O)[O-]. The van der Waals surface area contributed by atoms with Gasteiger partial charge in [0.25, 0.3) is 17.5 Å². The highest BCUT2D eigenvalue weighted by atomic mass is 35.5. The van der Waals surface area contributed by atoms with Crippen molar-refractivity contribution in [2.75, 3.05) is 6.61 Å². The number of hydrazine groups is 1. The number of carbonyl (C=O) groups is 2. The summed E-state index contributed by atoms with van der Waals surface area (Å²) in [5, 5.41) is 13.5. The number of carbonyl (C=O) groups excluding carboxylic acids is 2. The van der Waals surface area contributed by atoms with Crippen molar-refractivity contribution in [2.45, 2.75) is 0 Å². The minimum Gasteiger partial charge on any atom is -0.484 e. The van der Waals surface area contributed by atoms with Gasteiger partial charge in [0, 0.05) is 11.1 Å². The average Bonchev–Trinajstić information content (AvgIpc) is 2.65. The summed E-state index contributed by atoms with van der Waals surface area (Å²) in [7, 11) is 0. The van der Waals surface area contributed by atoms with E-state index in [9.17, 15) is 19.7 Å². The Hall–Kier alpha value is -3.24. The first kappa shape index (κ1) is 20.1. The molecule has 27 heavy (non-hydrogen) atoms. The first-order valence-corrected chi connectivity index (χ1v) is 8.17. The van der Waals surface area contributed by atoms with Gasteiger partial charge in [-0.2, -0.15) is 0 Å². The normalized spacial score (nSPS) is 9.81. The highest BCUT2D eigenvalue weighted by Crippen LogP contribution is 2.17. The van der Waals surface area contributed by atoms with Gasteiger partial charge in [0.2, 0.25) is 0 Å². The molecule has 2 amide bonds. The van der Waals surface area contributed by atoms with E-state index in [4.69, 9.17) is 28.6 Å². The third-order valence-corrected chi connectivity index (χ3v) is 3.53. The van der Waals surface area contributed by atoms with Crippen molar-refractivity contribution in [1.29, 1.82) is 0 Å². The zero-order chi connectivity index (χ0) is 19.8. The lowest BCUT2D eigenvalue weighted by atomic mass is 10.2. The molecule has 0 aliphatic rings. The fourth-order valence-electron chi connectivity index (χ4n) is 1.88. The third kappa shape index (κ3) is 6.20. The third-order valence-electron chi connectivity index (χ3n) is 3.07. The molecule has 0 saturated heterocycles. The maximum Gasteiger partial charge on any atom is 0.282 e. The van der Waals surface area contributed by atoms with E-state index >= 15 is 0 Å². The summed E-state index contributed by atoms with van der Waals surface area (Å²) < 4.78 is 5.24. The summed E-state index contributed by atoms with van der Waals surface area (Å²) in [6.07, 6.45) is 0. The van der Waals surface area contributed by atoms with Crippen molar-refractivity contribution < 1.29 is 19.2 Å². The van der Waals surface area contributed by atoms with Gasteiger partial charge in [-0.15, -0.1) is 0 Å². The number of nitro benzene ring substituents is 1. The van der Waals surface area contributed by atoms with Gasteiger partial charge in [0.15, 0.2) is 11.7 Å². The van der Waals surface area contributed by atoms with Crippen molar-refractivity contribution in [3.05, 3.63) is 69.2 Å².